The summed E-state index contributed by atoms with van der Waals surface area (Å²) in [5.74, 6) is -1.46. The number of nitrogens with zero attached hydrogens (tertiary/aromatic N) is 1. The van der Waals surface area contributed by atoms with E-state index in [1.165, 1.54) is 11.3 Å². The first-order valence-electron chi connectivity index (χ1n) is 7.79. The first-order valence-corrected chi connectivity index (χ1v) is 8.98. The van der Waals surface area contributed by atoms with Crippen LogP contribution in [0.3, 0.4) is 0 Å². The van der Waals surface area contributed by atoms with Crippen molar-refractivity contribution in [3.05, 3.63) is 49.2 Å². The van der Waals surface area contributed by atoms with Crippen molar-refractivity contribution in [3.8, 4) is 0 Å². The normalized spacial score (nSPS) is 13.5. The van der Waals surface area contributed by atoms with E-state index >= 15 is 0 Å². The molecule has 3 N–H and O–H groups in total. The van der Waals surface area contributed by atoms with Crippen LogP contribution >= 0.6 is 22.9 Å². The summed E-state index contributed by atoms with van der Waals surface area (Å²) in [6.45, 7) is -0.691. The van der Waals surface area contributed by atoms with Gasteiger partial charge in [-0.1, -0.05) is 11.6 Å². The van der Waals surface area contributed by atoms with Gasteiger partial charge < -0.3 is 15.6 Å². The van der Waals surface area contributed by atoms with Crippen LogP contribution in [0.1, 0.15) is 32.8 Å². The van der Waals surface area contributed by atoms with E-state index in [2.05, 4.69) is 5.32 Å². The summed E-state index contributed by atoms with van der Waals surface area (Å²) in [5.41, 5.74) is 4.33. The number of hydrogen-bond acceptors (Lipinski definition) is 4. The lowest BCUT2D eigenvalue weighted by atomic mass is 10.1. The van der Waals surface area contributed by atoms with E-state index in [0.717, 1.165) is 23.3 Å². The number of amides is 2. The number of aryl methyl sites for hydroxylation is 1. The van der Waals surface area contributed by atoms with Crippen molar-refractivity contribution in [2.45, 2.75) is 32.0 Å². The van der Waals surface area contributed by atoms with Crippen LogP contribution < -0.4 is 16.6 Å². The number of halogens is 4. The Hall–Kier alpha value is -2.33. The Morgan fingerprint density at radius 2 is 2.04 bits per heavy atom. The molecule has 0 unspecified atom stereocenters. The molecule has 0 atom stereocenters. The van der Waals surface area contributed by atoms with Crippen molar-refractivity contribution in [2.75, 3.05) is 5.32 Å². The summed E-state index contributed by atoms with van der Waals surface area (Å²) >= 11 is 6.77. The van der Waals surface area contributed by atoms with E-state index in [4.69, 9.17) is 17.3 Å². The molecule has 144 valence electrons. The van der Waals surface area contributed by atoms with Gasteiger partial charge in [-0.15, -0.1) is 11.3 Å². The van der Waals surface area contributed by atoms with Gasteiger partial charge in [0.25, 0.3) is 11.5 Å². The highest BCUT2D eigenvalue weighted by atomic mass is 35.5. The lowest BCUT2D eigenvalue weighted by molar-refractivity contribution is -0.138. The monoisotopic (exact) mass is 419 g/mol. The number of primary amides is 1. The summed E-state index contributed by atoms with van der Waals surface area (Å²) in [6.07, 6.45) is -1.88. The molecule has 2 heterocycles. The minimum absolute atomic E-state index is 0.218. The van der Waals surface area contributed by atoms with Crippen LogP contribution in [0.15, 0.2) is 17.1 Å². The van der Waals surface area contributed by atoms with Crippen LogP contribution in [0.4, 0.5) is 18.2 Å². The van der Waals surface area contributed by atoms with Crippen LogP contribution in [0, 0.1) is 0 Å². The van der Waals surface area contributed by atoms with Crippen molar-refractivity contribution in [1.82, 2.24) is 4.57 Å². The predicted octanol–water partition coefficient (Wildman–Crippen LogP) is 2.81. The number of pyridine rings is 1. The number of hydrogen-bond donors (Lipinski definition) is 2. The summed E-state index contributed by atoms with van der Waals surface area (Å²) in [7, 11) is 0. The maximum atomic E-state index is 12.9. The van der Waals surface area contributed by atoms with E-state index < -0.39 is 40.7 Å². The number of carbonyl (C=O) groups excluding carboxylic acids is 2. The zero-order valence-corrected chi connectivity index (χ0v) is 15.2. The second kappa shape index (κ2) is 7.01. The van der Waals surface area contributed by atoms with E-state index in [-0.39, 0.29) is 10.6 Å². The van der Waals surface area contributed by atoms with E-state index in [1.807, 2.05) is 0 Å². The summed E-state index contributed by atoms with van der Waals surface area (Å²) in [6, 6.07) is 0.507. The molecule has 0 aliphatic heterocycles. The predicted molar refractivity (Wildman–Crippen MR) is 94.2 cm³/mol. The fourth-order valence-electron chi connectivity index (χ4n) is 2.95. The van der Waals surface area contributed by atoms with Crippen LogP contribution in [0.5, 0.6) is 0 Å². The first-order chi connectivity index (χ1) is 12.6. The Bertz CT molecular complexity index is 997. The molecular weight excluding hydrogens is 407 g/mol. The van der Waals surface area contributed by atoms with Gasteiger partial charge in [-0.3, -0.25) is 14.4 Å². The van der Waals surface area contributed by atoms with Crippen molar-refractivity contribution in [2.24, 2.45) is 5.73 Å². The number of fused-ring (bicyclic) bond motifs is 1. The van der Waals surface area contributed by atoms with Crippen molar-refractivity contribution in [1.29, 1.82) is 0 Å². The molecule has 0 saturated heterocycles. The number of anilines is 1. The van der Waals surface area contributed by atoms with Gasteiger partial charge in [0.15, 0.2) is 0 Å². The fraction of sp³-hybridized carbons (Fsp3) is 0.312. The maximum Gasteiger partial charge on any atom is 0.417 e. The van der Waals surface area contributed by atoms with E-state index in [0.29, 0.717) is 23.3 Å². The first kappa shape index (κ1) is 19.4. The lowest BCUT2D eigenvalue weighted by Crippen LogP contribution is -2.29. The second-order valence-electron chi connectivity index (χ2n) is 5.98. The molecule has 2 aromatic rings. The van der Waals surface area contributed by atoms with Crippen molar-refractivity contribution >= 4 is 39.8 Å². The van der Waals surface area contributed by atoms with Crippen molar-refractivity contribution < 1.29 is 22.8 Å². The molecule has 0 spiro atoms. The fourth-order valence-corrected chi connectivity index (χ4v) is 4.48. The number of carbonyl (C=O) groups is 2. The second-order valence-corrected chi connectivity index (χ2v) is 7.49. The molecule has 0 aromatic carbocycles. The van der Waals surface area contributed by atoms with Gasteiger partial charge in [0.2, 0.25) is 5.91 Å². The largest absolute Gasteiger partial charge is 0.417 e. The number of nitrogens with two attached hydrogens (primary N) is 1. The smallest absolute Gasteiger partial charge is 0.365 e. The molecule has 1 aliphatic carbocycles. The number of thiophene rings is 1. The van der Waals surface area contributed by atoms with Gasteiger partial charge in [0.05, 0.1) is 11.1 Å². The van der Waals surface area contributed by atoms with Crippen LogP contribution in [0.25, 0.3) is 0 Å². The van der Waals surface area contributed by atoms with Crippen molar-refractivity contribution in [3.63, 3.8) is 0 Å². The van der Waals surface area contributed by atoms with E-state index in [9.17, 15) is 27.6 Å². The molecule has 1 aliphatic rings. The number of alkyl halides is 3. The lowest BCUT2D eigenvalue weighted by Gasteiger charge is -2.12. The molecule has 3 rings (SSSR count). The highest BCUT2D eigenvalue weighted by Gasteiger charge is 2.32. The standard InChI is InChI=1S/C16H13ClF3N3O3S/c17-9-4-7(16(18,19)20)5-23(15(9)26)6-11(24)22-14-12(13(21)25)8-2-1-3-10(8)27-14/h4-5H,1-3,6H2,(H2,21,25)(H,22,24). The van der Waals surface area contributed by atoms with Crippen LogP contribution in [0.2, 0.25) is 5.02 Å². The van der Waals surface area contributed by atoms with Gasteiger partial charge in [-0.25, -0.2) is 0 Å². The van der Waals surface area contributed by atoms with Gasteiger partial charge in [0, 0.05) is 11.1 Å². The van der Waals surface area contributed by atoms with Gasteiger partial charge in [-0.05, 0) is 30.9 Å². The molecule has 2 amide bonds. The Morgan fingerprint density at radius 3 is 2.67 bits per heavy atom. The molecular formula is C16H13ClF3N3O3S. The third-order valence-electron chi connectivity index (χ3n) is 4.10. The Morgan fingerprint density at radius 1 is 1.33 bits per heavy atom. The third kappa shape index (κ3) is 3.86. The average molecular weight is 420 g/mol. The SMILES string of the molecule is NC(=O)c1c(NC(=O)Cn2cc(C(F)(F)F)cc(Cl)c2=O)sc2c1CCC2. The number of nitrogens with one attached hydrogen (secondary N) is 1. The summed E-state index contributed by atoms with van der Waals surface area (Å²) < 4.78 is 39.2. The molecule has 0 bridgehead atoms. The van der Waals surface area contributed by atoms with Crippen LogP contribution in [-0.2, 0) is 30.4 Å². The number of aromatic nitrogens is 1. The average Bonchev–Trinajstić information content (AvgIpc) is 3.10. The Kier molecular flexibility index (Phi) is 5.04. The van der Waals surface area contributed by atoms with Gasteiger partial charge in [0.1, 0.15) is 16.6 Å². The number of rotatable bonds is 4. The quantitative estimate of drug-likeness (QED) is 0.797. The Balaban J connectivity index is 1.87. The van der Waals surface area contributed by atoms with Crippen LogP contribution in [-0.4, -0.2) is 16.4 Å². The summed E-state index contributed by atoms with van der Waals surface area (Å²) in [4.78, 5) is 36.9. The highest BCUT2D eigenvalue weighted by molar-refractivity contribution is 7.17. The van der Waals surface area contributed by atoms with E-state index in [1.54, 1.807) is 0 Å². The highest BCUT2D eigenvalue weighted by Crippen LogP contribution is 2.38. The molecule has 2 aromatic heterocycles. The molecule has 27 heavy (non-hydrogen) atoms. The zero-order valence-electron chi connectivity index (χ0n) is 13.7. The molecule has 11 heteroatoms. The third-order valence-corrected chi connectivity index (χ3v) is 5.58. The minimum atomic E-state index is -4.72. The summed E-state index contributed by atoms with van der Waals surface area (Å²) in [5, 5.41) is 2.06. The van der Waals surface area contributed by atoms with Gasteiger partial charge in [-0.2, -0.15) is 13.2 Å². The molecule has 0 saturated carbocycles. The molecule has 0 fully saturated rings. The topological polar surface area (TPSA) is 94.2 Å². The molecule has 6 nitrogen and oxygen atoms in total. The Labute approximate surface area is 159 Å². The minimum Gasteiger partial charge on any atom is -0.365 e. The maximum absolute atomic E-state index is 12.9. The zero-order chi connectivity index (χ0) is 19.9. The van der Waals surface area contributed by atoms with Gasteiger partial charge >= 0.3 is 6.18 Å². The molecule has 0 radical (unpaired) electrons.